The molecule has 13 heavy (non-hydrogen) atoms. The molecule has 80 valence electrons. The Kier molecular flexibility index (Phi) is 7.19. The van der Waals surface area contributed by atoms with Gasteiger partial charge < -0.3 is 13.0 Å². The molecule has 0 aromatic heterocycles. The van der Waals surface area contributed by atoms with Crippen molar-refractivity contribution in [3.05, 3.63) is 0 Å². The van der Waals surface area contributed by atoms with Gasteiger partial charge in [-0.25, -0.2) is 0 Å². The van der Waals surface area contributed by atoms with Crippen LogP contribution in [0.5, 0.6) is 0 Å². The van der Waals surface area contributed by atoms with E-state index in [0.717, 1.165) is 0 Å². The van der Waals surface area contributed by atoms with E-state index in [0.29, 0.717) is 0 Å². The predicted molar refractivity (Wildman–Crippen MR) is 63.4 cm³/mol. The van der Waals surface area contributed by atoms with Crippen LogP contribution in [0.4, 0.5) is 0 Å². The standard InChI is InChI=1S/C7H22O3Si3/c1-6-7-11-10-13(4,5)12(8-2)9-3/h12H,6-7,11H2,1-5H3. The SMILES string of the molecule is CCC[SiH2]O[Si](C)(C)[SiH](OC)OC. The van der Waals surface area contributed by atoms with Gasteiger partial charge >= 0.3 is 8.80 Å². The summed E-state index contributed by atoms with van der Waals surface area (Å²) in [6, 6.07) is 1.27. The van der Waals surface area contributed by atoms with Crippen LogP contribution in [0.1, 0.15) is 13.3 Å². The molecule has 0 aliphatic heterocycles. The Hall–Kier alpha value is 0.531. The lowest BCUT2D eigenvalue weighted by Crippen LogP contribution is -2.52. The van der Waals surface area contributed by atoms with Crippen molar-refractivity contribution in [2.45, 2.75) is 32.5 Å². The van der Waals surface area contributed by atoms with E-state index in [1.165, 1.54) is 12.5 Å². The molecule has 0 bridgehead atoms. The first-order valence-electron chi connectivity index (χ1n) is 4.78. The van der Waals surface area contributed by atoms with Crippen LogP contribution >= 0.6 is 0 Å². The maximum absolute atomic E-state index is 6.00. The Labute approximate surface area is 86.5 Å². The molecule has 6 heteroatoms. The molecule has 0 radical (unpaired) electrons. The summed E-state index contributed by atoms with van der Waals surface area (Å²) in [5, 5.41) is 0. The fourth-order valence-electron chi connectivity index (χ4n) is 1.21. The van der Waals surface area contributed by atoms with Gasteiger partial charge in [0.15, 0.2) is 0 Å². The molecule has 0 saturated carbocycles. The highest BCUT2D eigenvalue weighted by Crippen LogP contribution is 2.10. The van der Waals surface area contributed by atoms with E-state index in [2.05, 4.69) is 20.0 Å². The van der Waals surface area contributed by atoms with Gasteiger partial charge in [0.2, 0.25) is 7.83 Å². The maximum atomic E-state index is 6.00. The Balaban J connectivity index is 3.88. The minimum atomic E-state index is -1.61. The summed E-state index contributed by atoms with van der Waals surface area (Å²) < 4.78 is 16.7. The topological polar surface area (TPSA) is 27.7 Å². The van der Waals surface area contributed by atoms with Gasteiger partial charge in [0.25, 0.3) is 0 Å². The molecule has 0 aromatic carbocycles. The van der Waals surface area contributed by atoms with E-state index in [9.17, 15) is 0 Å². The van der Waals surface area contributed by atoms with Crippen molar-refractivity contribution in [3.63, 3.8) is 0 Å². The monoisotopic (exact) mass is 238 g/mol. The lowest BCUT2D eigenvalue weighted by atomic mass is 10.6. The minimum Gasteiger partial charge on any atom is -0.459 e. The van der Waals surface area contributed by atoms with E-state index in [1.54, 1.807) is 14.2 Å². The maximum Gasteiger partial charge on any atom is 0.331 e. The molecule has 0 atom stereocenters. The molecule has 3 nitrogen and oxygen atoms in total. The fraction of sp³-hybridized carbons (Fsp3) is 1.00. The summed E-state index contributed by atoms with van der Waals surface area (Å²) in [6.45, 7) is 6.62. The molecule has 0 rings (SSSR count). The average molecular weight is 239 g/mol. The van der Waals surface area contributed by atoms with Crippen LogP contribution in [0.2, 0.25) is 19.1 Å². The first-order chi connectivity index (χ1) is 6.08. The normalized spacial score (nSPS) is 13.4. The Bertz CT molecular complexity index is 128. The van der Waals surface area contributed by atoms with E-state index in [-0.39, 0.29) is 9.76 Å². The highest BCUT2D eigenvalue weighted by atomic mass is 29.3. The molecule has 0 saturated heterocycles. The van der Waals surface area contributed by atoms with Gasteiger partial charge in [0, 0.05) is 14.2 Å². The second kappa shape index (κ2) is 6.91. The number of rotatable bonds is 7. The van der Waals surface area contributed by atoms with E-state index >= 15 is 0 Å². The van der Waals surface area contributed by atoms with Crippen molar-refractivity contribution < 1.29 is 13.0 Å². The third-order valence-corrected chi connectivity index (χ3v) is 15.1. The van der Waals surface area contributed by atoms with Gasteiger partial charge in [0.1, 0.15) is 9.76 Å². The van der Waals surface area contributed by atoms with E-state index in [1.807, 2.05) is 0 Å². The van der Waals surface area contributed by atoms with E-state index in [4.69, 9.17) is 13.0 Å². The van der Waals surface area contributed by atoms with Gasteiger partial charge in [0.05, 0.1) is 0 Å². The van der Waals surface area contributed by atoms with Crippen molar-refractivity contribution >= 4 is 26.4 Å². The largest absolute Gasteiger partial charge is 0.459 e. The van der Waals surface area contributed by atoms with Gasteiger partial charge in [-0.15, -0.1) is 0 Å². The Morgan fingerprint density at radius 3 is 2.15 bits per heavy atom. The average Bonchev–Trinajstić information content (AvgIpc) is 2.06. The van der Waals surface area contributed by atoms with Crippen LogP contribution in [0.3, 0.4) is 0 Å². The molecule has 0 aliphatic rings. The zero-order valence-corrected chi connectivity index (χ0v) is 13.0. The predicted octanol–water partition coefficient (Wildman–Crippen LogP) is 0.712. The molecule has 0 fully saturated rings. The molecule has 0 aromatic rings. The fourth-order valence-corrected chi connectivity index (χ4v) is 11.7. The van der Waals surface area contributed by atoms with Crippen LogP contribution in [0.15, 0.2) is 0 Å². The Morgan fingerprint density at radius 1 is 1.23 bits per heavy atom. The second-order valence-electron chi connectivity index (χ2n) is 3.61. The van der Waals surface area contributed by atoms with Crippen LogP contribution < -0.4 is 0 Å². The number of hydrogen-bond donors (Lipinski definition) is 0. The zero-order valence-electron chi connectivity index (χ0n) is 9.42. The molecular weight excluding hydrogens is 216 g/mol. The third kappa shape index (κ3) is 5.09. The van der Waals surface area contributed by atoms with Gasteiger partial charge in [-0.3, -0.25) is 0 Å². The van der Waals surface area contributed by atoms with Crippen molar-refractivity contribution in [2.75, 3.05) is 14.2 Å². The van der Waals surface area contributed by atoms with Crippen LogP contribution in [-0.2, 0) is 13.0 Å². The smallest absolute Gasteiger partial charge is 0.331 e. The first kappa shape index (κ1) is 13.5. The summed E-state index contributed by atoms with van der Waals surface area (Å²) in [7, 11) is 0.0478. The van der Waals surface area contributed by atoms with Crippen molar-refractivity contribution in [3.8, 4) is 0 Å². The molecule has 0 aliphatic carbocycles. The van der Waals surface area contributed by atoms with Gasteiger partial charge in [-0.1, -0.05) is 13.3 Å². The van der Waals surface area contributed by atoms with Crippen molar-refractivity contribution in [1.29, 1.82) is 0 Å². The first-order valence-corrected chi connectivity index (χ1v) is 12.0. The quantitative estimate of drug-likeness (QED) is 0.483. The molecule has 0 amide bonds. The van der Waals surface area contributed by atoms with Crippen LogP contribution in [0, 0.1) is 0 Å². The van der Waals surface area contributed by atoms with Crippen molar-refractivity contribution in [1.82, 2.24) is 0 Å². The van der Waals surface area contributed by atoms with Crippen LogP contribution in [0.25, 0.3) is 0 Å². The summed E-state index contributed by atoms with van der Waals surface area (Å²) in [5.41, 5.74) is 0. The Morgan fingerprint density at radius 2 is 1.77 bits per heavy atom. The van der Waals surface area contributed by atoms with Gasteiger partial charge in [-0.05, 0) is 19.1 Å². The summed E-state index contributed by atoms with van der Waals surface area (Å²) >= 11 is 0. The molecule has 0 unspecified atom stereocenters. The lowest BCUT2D eigenvalue weighted by Gasteiger charge is -2.28. The molecule has 0 N–H and O–H groups in total. The highest BCUT2D eigenvalue weighted by molar-refractivity contribution is 7.25. The third-order valence-electron chi connectivity index (χ3n) is 1.97. The van der Waals surface area contributed by atoms with E-state index < -0.39 is 16.6 Å². The molecule has 0 heterocycles. The van der Waals surface area contributed by atoms with Crippen molar-refractivity contribution in [2.24, 2.45) is 0 Å². The summed E-state index contributed by atoms with van der Waals surface area (Å²) in [6.07, 6.45) is 1.24. The highest BCUT2D eigenvalue weighted by Gasteiger charge is 2.36. The minimum absolute atomic E-state index is 0.318. The second-order valence-corrected chi connectivity index (χ2v) is 16.3. The molecule has 0 spiro atoms. The zero-order chi connectivity index (χ0) is 10.3. The van der Waals surface area contributed by atoms with Crippen LogP contribution in [-0.4, -0.2) is 40.6 Å². The molecular formula is C7H22O3Si3. The lowest BCUT2D eigenvalue weighted by molar-refractivity contribution is 0.289. The number of hydrogen-bond acceptors (Lipinski definition) is 3. The summed E-state index contributed by atoms with van der Waals surface area (Å²) in [4.78, 5) is 0. The van der Waals surface area contributed by atoms with Gasteiger partial charge in [-0.2, -0.15) is 0 Å². The summed E-state index contributed by atoms with van der Waals surface area (Å²) in [5.74, 6) is 0.